The minimum Gasteiger partial charge on any atom is -0.366 e. The van der Waals surface area contributed by atoms with Crippen LogP contribution in [0.2, 0.25) is 0 Å². The summed E-state index contributed by atoms with van der Waals surface area (Å²) in [5, 5.41) is 0.00754. The monoisotopic (exact) mass is 326 g/mol. The van der Waals surface area contributed by atoms with Gasteiger partial charge in [-0.3, -0.25) is 9.59 Å². The molecule has 5 heteroatoms. The smallest absolute Gasteiger partial charge is 0.248 e. The van der Waals surface area contributed by atoms with Crippen molar-refractivity contribution < 1.29 is 9.59 Å². The Kier molecular flexibility index (Phi) is 4.67. The number of hydrogen-bond acceptors (Lipinski definition) is 3. The molecule has 2 aromatic carbocycles. The summed E-state index contributed by atoms with van der Waals surface area (Å²) in [5.41, 5.74) is 8.00. The van der Waals surface area contributed by atoms with Crippen molar-refractivity contribution in [2.24, 2.45) is 5.73 Å². The van der Waals surface area contributed by atoms with Gasteiger partial charge in [-0.25, -0.2) is 0 Å². The Hall–Kier alpha value is -2.27. The fourth-order valence-corrected chi connectivity index (χ4v) is 3.90. The third-order valence-electron chi connectivity index (χ3n) is 3.93. The van der Waals surface area contributed by atoms with Gasteiger partial charge in [0.05, 0.1) is 5.75 Å². The largest absolute Gasteiger partial charge is 0.366 e. The van der Waals surface area contributed by atoms with E-state index in [0.717, 1.165) is 12.0 Å². The molecule has 0 spiro atoms. The highest BCUT2D eigenvalue weighted by Crippen LogP contribution is 2.38. The molecule has 23 heavy (non-hydrogen) atoms. The third kappa shape index (κ3) is 3.56. The van der Waals surface area contributed by atoms with Crippen LogP contribution in [0.25, 0.3) is 0 Å². The fraction of sp³-hybridized carbons (Fsp3) is 0.222. The molecular formula is C18H18N2O2S. The van der Waals surface area contributed by atoms with Gasteiger partial charge in [-0.2, -0.15) is 0 Å². The van der Waals surface area contributed by atoms with E-state index < -0.39 is 5.91 Å². The first-order valence-electron chi connectivity index (χ1n) is 7.50. The second-order valence-electron chi connectivity index (χ2n) is 5.47. The number of nitrogens with two attached hydrogens (primary N) is 1. The summed E-state index contributed by atoms with van der Waals surface area (Å²) in [5.74, 6) is 0.222. The molecule has 0 saturated carbocycles. The molecule has 3 rings (SSSR count). The summed E-state index contributed by atoms with van der Waals surface area (Å²) in [7, 11) is 0. The van der Waals surface area contributed by atoms with Crippen LogP contribution in [0.4, 0.5) is 0 Å². The van der Waals surface area contributed by atoms with Gasteiger partial charge in [-0.15, -0.1) is 11.8 Å². The van der Waals surface area contributed by atoms with Crippen molar-refractivity contribution in [1.82, 2.24) is 4.90 Å². The molecule has 0 bridgehead atoms. The van der Waals surface area contributed by atoms with Crippen molar-refractivity contribution in [3.05, 3.63) is 71.3 Å². The number of primary amides is 1. The molecular weight excluding hydrogens is 308 g/mol. The molecule has 1 atom stereocenters. The van der Waals surface area contributed by atoms with E-state index in [4.69, 9.17) is 5.73 Å². The number of benzene rings is 2. The average Bonchev–Trinajstić information content (AvgIpc) is 2.95. The lowest BCUT2D eigenvalue weighted by Gasteiger charge is -2.24. The normalized spacial score (nSPS) is 17.5. The molecule has 0 radical (unpaired) electrons. The van der Waals surface area contributed by atoms with Crippen LogP contribution in [0, 0.1) is 0 Å². The van der Waals surface area contributed by atoms with E-state index >= 15 is 0 Å². The van der Waals surface area contributed by atoms with Crippen LogP contribution in [0.15, 0.2) is 54.6 Å². The number of nitrogens with zero attached hydrogens (tertiary/aromatic N) is 1. The lowest BCUT2D eigenvalue weighted by Crippen LogP contribution is -2.30. The van der Waals surface area contributed by atoms with E-state index in [9.17, 15) is 9.59 Å². The molecule has 0 aliphatic carbocycles. The van der Waals surface area contributed by atoms with E-state index in [1.54, 1.807) is 23.9 Å². The topological polar surface area (TPSA) is 63.4 Å². The molecule has 2 aromatic rings. The lowest BCUT2D eigenvalue weighted by atomic mass is 10.1. The van der Waals surface area contributed by atoms with Crippen molar-refractivity contribution in [3.8, 4) is 0 Å². The average molecular weight is 326 g/mol. The minimum atomic E-state index is -0.437. The Morgan fingerprint density at radius 1 is 1.13 bits per heavy atom. The summed E-state index contributed by atoms with van der Waals surface area (Å²) in [6.45, 7) is 0.693. The number of carbonyl (C=O) groups is 2. The predicted octanol–water partition coefficient (Wildman–Crippen LogP) is 2.60. The first kappa shape index (κ1) is 15.6. The maximum Gasteiger partial charge on any atom is 0.248 e. The van der Waals surface area contributed by atoms with Crippen LogP contribution in [-0.2, 0) is 11.2 Å². The third-order valence-corrected chi connectivity index (χ3v) is 5.19. The molecule has 1 saturated heterocycles. The van der Waals surface area contributed by atoms with Crippen LogP contribution in [0.1, 0.15) is 26.9 Å². The molecule has 1 fully saturated rings. The Bertz CT molecular complexity index is 701. The van der Waals surface area contributed by atoms with E-state index in [2.05, 4.69) is 12.1 Å². The van der Waals surface area contributed by atoms with Crippen LogP contribution in [-0.4, -0.2) is 29.0 Å². The van der Waals surface area contributed by atoms with Gasteiger partial charge in [0.1, 0.15) is 5.37 Å². The van der Waals surface area contributed by atoms with Gasteiger partial charge < -0.3 is 10.6 Å². The summed E-state index contributed by atoms with van der Waals surface area (Å²) in [4.78, 5) is 25.3. The molecule has 1 aliphatic heterocycles. The Morgan fingerprint density at radius 2 is 1.83 bits per heavy atom. The van der Waals surface area contributed by atoms with Gasteiger partial charge in [-0.1, -0.05) is 42.5 Å². The number of hydrogen-bond donors (Lipinski definition) is 1. The summed E-state index contributed by atoms with van der Waals surface area (Å²) in [6, 6.07) is 17.4. The van der Waals surface area contributed by atoms with E-state index in [1.807, 2.05) is 35.2 Å². The minimum absolute atomic E-state index is 0.00754. The van der Waals surface area contributed by atoms with Gasteiger partial charge in [0.15, 0.2) is 0 Å². The highest BCUT2D eigenvalue weighted by Gasteiger charge is 2.32. The first-order valence-corrected chi connectivity index (χ1v) is 8.55. The Morgan fingerprint density at radius 3 is 2.48 bits per heavy atom. The SMILES string of the molecule is NC(=O)c1ccc([C@H]2SCC(=O)N2CCc2ccccc2)cc1. The Labute approximate surface area is 139 Å². The molecule has 0 aromatic heterocycles. The fourth-order valence-electron chi connectivity index (χ4n) is 2.68. The van der Waals surface area contributed by atoms with Gasteiger partial charge in [-0.05, 0) is 29.7 Å². The van der Waals surface area contributed by atoms with Crippen LogP contribution in [0.3, 0.4) is 0 Å². The zero-order chi connectivity index (χ0) is 16.2. The van der Waals surface area contributed by atoms with Gasteiger partial charge in [0.2, 0.25) is 11.8 Å². The molecule has 2 amide bonds. The van der Waals surface area contributed by atoms with E-state index in [-0.39, 0.29) is 11.3 Å². The second kappa shape index (κ2) is 6.87. The quantitative estimate of drug-likeness (QED) is 0.918. The van der Waals surface area contributed by atoms with Gasteiger partial charge in [0, 0.05) is 12.1 Å². The maximum atomic E-state index is 12.2. The zero-order valence-electron chi connectivity index (χ0n) is 12.6. The van der Waals surface area contributed by atoms with Crippen LogP contribution in [0.5, 0.6) is 0 Å². The standard InChI is InChI=1S/C18H18N2O2S/c19-17(22)14-6-8-15(9-7-14)18-20(16(21)12-23-18)11-10-13-4-2-1-3-5-13/h1-9,18H,10-12H2,(H2,19,22)/t18-/m1/s1. The van der Waals surface area contributed by atoms with Crippen molar-refractivity contribution in [2.45, 2.75) is 11.8 Å². The number of thioether (sulfide) groups is 1. The van der Waals surface area contributed by atoms with E-state index in [1.165, 1.54) is 5.56 Å². The maximum absolute atomic E-state index is 12.2. The lowest BCUT2D eigenvalue weighted by molar-refractivity contribution is -0.128. The molecule has 0 unspecified atom stereocenters. The van der Waals surface area contributed by atoms with Crippen molar-refractivity contribution >= 4 is 23.6 Å². The molecule has 4 nitrogen and oxygen atoms in total. The summed E-state index contributed by atoms with van der Waals surface area (Å²) in [6.07, 6.45) is 0.836. The zero-order valence-corrected chi connectivity index (χ0v) is 13.5. The van der Waals surface area contributed by atoms with E-state index in [0.29, 0.717) is 17.9 Å². The highest BCUT2D eigenvalue weighted by molar-refractivity contribution is 8.00. The summed E-state index contributed by atoms with van der Waals surface area (Å²) < 4.78 is 0. The summed E-state index contributed by atoms with van der Waals surface area (Å²) >= 11 is 1.62. The first-order chi connectivity index (χ1) is 11.1. The van der Waals surface area contributed by atoms with Crippen molar-refractivity contribution in [3.63, 3.8) is 0 Å². The second-order valence-corrected chi connectivity index (χ2v) is 6.54. The number of amides is 2. The van der Waals surface area contributed by atoms with Crippen molar-refractivity contribution in [1.29, 1.82) is 0 Å². The number of carbonyl (C=O) groups excluding carboxylic acids is 2. The van der Waals surface area contributed by atoms with Crippen molar-refractivity contribution in [2.75, 3.05) is 12.3 Å². The molecule has 118 valence electrons. The highest BCUT2D eigenvalue weighted by atomic mass is 32.2. The van der Waals surface area contributed by atoms with Gasteiger partial charge in [0.25, 0.3) is 0 Å². The molecule has 1 aliphatic rings. The van der Waals surface area contributed by atoms with Gasteiger partial charge >= 0.3 is 0 Å². The predicted molar refractivity (Wildman–Crippen MR) is 92.0 cm³/mol. The van der Waals surface area contributed by atoms with Crippen LogP contribution >= 0.6 is 11.8 Å². The van der Waals surface area contributed by atoms with Crippen LogP contribution < -0.4 is 5.73 Å². The Balaban J connectivity index is 1.72. The molecule has 1 heterocycles. The molecule has 2 N–H and O–H groups in total. The number of rotatable bonds is 5.